The van der Waals surface area contributed by atoms with Crippen molar-refractivity contribution in [3.05, 3.63) is 23.3 Å². The molecule has 0 saturated heterocycles. The predicted molar refractivity (Wildman–Crippen MR) is 90.7 cm³/mol. The van der Waals surface area contributed by atoms with Gasteiger partial charge in [-0.2, -0.15) is 0 Å². The van der Waals surface area contributed by atoms with Crippen molar-refractivity contribution in [2.75, 3.05) is 13.2 Å². The van der Waals surface area contributed by atoms with E-state index in [1.165, 1.54) is 5.01 Å². The Balaban J connectivity index is 2.39. The molecule has 1 aromatic carbocycles. The first kappa shape index (κ1) is 17.6. The van der Waals surface area contributed by atoms with E-state index in [1.54, 1.807) is 12.1 Å². The van der Waals surface area contributed by atoms with Gasteiger partial charge in [-0.25, -0.2) is 5.84 Å². The van der Waals surface area contributed by atoms with Crippen LogP contribution in [0.15, 0.2) is 12.1 Å². The fraction of sp³-hybridized carbons (Fsp3) is 0.611. The molecule has 1 atom stereocenters. The van der Waals surface area contributed by atoms with Crippen molar-refractivity contribution in [3.63, 3.8) is 0 Å². The normalized spacial score (nSPS) is 15.2. The Morgan fingerprint density at radius 2 is 1.91 bits per heavy atom. The molecule has 1 heterocycles. The van der Waals surface area contributed by atoms with Gasteiger partial charge >= 0.3 is 0 Å². The number of amides is 1. The Labute approximate surface area is 138 Å². The lowest BCUT2D eigenvalue weighted by Crippen LogP contribution is -2.51. The maximum Gasteiger partial charge on any atom is 0.268 e. The summed E-state index contributed by atoms with van der Waals surface area (Å²) >= 11 is 0. The minimum Gasteiger partial charge on any atom is -0.486 e. The number of ether oxygens (including phenoxy) is 2. The second-order valence-electron chi connectivity index (χ2n) is 6.97. The SMILES string of the molecule is CCc1c(C(=O)N(N)C(CC)C(C)(C)C)ccc2c1OCCO2. The van der Waals surface area contributed by atoms with Crippen molar-refractivity contribution in [2.45, 2.75) is 53.5 Å². The molecule has 1 amide bonds. The monoisotopic (exact) mass is 320 g/mol. The molecule has 5 heteroatoms. The number of fused-ring (bicyclic) bond motifs is 1. The maximum absolute atomic E-state index is 13.0. The molecule has 128 valence electrons. The zero-order valence-corrected chi connectivity index (χ0v) is 14.8. The van der Waals surface area contributed by atoms with E-state index < -0.39 is 0 Å². The van der Waals surface area contributed by atoms with Gasteiger partial charge in [0.1, 0.15) is 13.2 Å². The van der Waals surface area contributed by atoms with Crippen molar-refractivity contribution < 1.29 is 14.3 Å². The van der Waals surface area contributed by atoms with Crippen LogP contribution < -0.4 is 15.3 Å². The molecule has 5 nitrogen and oxygen atoms in total. The molecule has 0 aromatic heterocycles. The number of nitrogens with zero attached hydrogens (tertiary/aromatic N) is 1. The summed E-state index contributed by atoms with van der Waals surface area (Å²) in [5, 5.41) is 1.38. The number of carbonyl (C=O) groups excluding carboxylic acids is 1. The number of carbonyl (C=O) groups is 1. The first-order valence-corrected chi connectivity index (χ1v) is 8.31. The van der Waals surface area contributed by atoms with E-state index in [-0.39, 0.29) is 17.4 Å². The highest BCUT2D eigenvalue weighted by Crippen LogP contribution is 2.37. The summed E-state index contributed by atoms with van der Waals surface area (Å²) < 4.78 is 11.3. The molecule has 0 aliphatic carbocycles. The molecule has 0 spiro atoms. The highest BCUT2D eigenvalue weighted by molar-refractivity contribution is 5.96. The van der Waals surface area contributed by atoms with Crippen molar-refractivity contribution in [3.8, 4) is 11.5 Å². The molecule has 1 unspecified atom stereocenters. The van der Waals surface area contributed by atoms with Crippen molar-refractivity contribution >= 4 is 5.91 Å². The highest BCUT2D eigenvalue weighted by atomic mass is 16.6. The van der Waals surface area contributed by atoms with Crippen molar-refractivity contribution in [1.29, 1.82) is 0 Å². The van der Waals surface area contributed by atoms with Crippen LogP contribution in [0.25, 0.3) is 0 Å². The third-order valence-corrected chi connectivity index (χ3v) is 4.35. The van der Waals surface area contributed by atoms with Crippen LogP contribution >= 0.6 is 0 Å². The summed E-state index contributed by atoms with van der Waals surface area (Å²) in [5.41, 5.74) is 1.38. The van der Waals surface area contributed by atoms with E-state index in [0.29, 0.717) is 36.7 Å². The molecule has 2 N–H and O–H groups in total. The average Bonchev–Trinajstić information content (AvgIpc) is 2.52. The van der Waals surface area contributed by atoms with Crippen molar-refractivity contribution in [2.24, 2.45) is 11.3 Å². The topological polar surface area (TPSA) is 64.8 Å². The number of benzene rings is 1. The van der Waals surface area contributed by atoms with Gasteiger partial charge in [0.15, 0.2) is 11.5 Å². The zero-order chi connectivity index (χ0) is 17.2. The molecule has 0 bridgehead atoms. The van der Waals surface area contributed by atoms with Crippen LogP contribution in [0.3, 0.4) is 0 Å². The van der Waals surface area contributed by atoms with E-state index in [1.807, 2.05) is 13.8 Å². The van der Waals surface area contributed by atoms with Crippen molar-refractivity contribution in [1.82, 2.24) is 5.01 Å². The molecule has 23 heavy (non-hydrogen) atoms. The van der Waals surface area contributed by atoms with E-state index in [0.717, 1.165) is 12.0 Å². The fourth-order valence-electron chi connectivity index (χ4n) is 3.23. The van der Waals surface area contributed by atoms with Crippen LogP contribution in [0.1, 0.15) is 57.0 Å². The Morgan fingerprint density at radius 3 is 2.48 bits per heavy atom. The van der Waals surface area contributed by atoms with Crippen LogP contribution in [0, 0.1) is 5.41 Å². The summed E-state index contributed by atoms with van der Waals surface area (Å²) in [7, 11) is 0. The Hall–Kier alpha value is -1.75. The van der Waals surface area contributed by atoms with Gasteiger partial charge < -0.3 is 9.47 Å². The average molecular weight is 320 g/mol. The first-order chi connectivity index (χ1) is 10.8. The number of hydrogen-bond acceptors (Lipinski definition) is 4. The molecule has 1 aliphatic heterocycles. The van der Waals surface area contributed by atoms with Crippen LogP contribution in [-0.4, -0.2) is 30.2 Å². The second-order valence-corrected chi connectivity index (χ2v) is 6.97. The molecule has 2 rings (SSSR count). The molecule has 0 radical (unpaired) electrons. The van der Waals surface area contributed by atoms with E-state index in [2.05, 4.69) is 20.8 Å². The summed E-state index contributed by atoms with van der Waals surface area (Å²) in [5.74, 6) is 7.42. The highest BCUT2D eigenvalue weighted by Gasteiger charge is 2.32. The van der Waals surface area contributed by atoms with Gasteiger partial charge in [-0.05, 0) is 30.4 Å². The van der Waals surface area contributed by atoms with Crippen LogP contribution in [0.2, 0.25) is 0 Å². The van der Waals surface area contributed by atoms with Gasteiger partial charge in [0.2, 0.25) is 0 Å². The third-order valence-electron chi connectivity index (χ3n) is 4.35. The Morgan fingerprint density at radius 1 is 1.26 bits per heavy atom. The van der Waals surface area contributed by atoms with Crippen LogP contribution in [-0.2, 0) is 6.42 Å². The minimum absolute atomic E-state index is 0.0343. The van der Waals surface area contributed by atoms with Crippen LogP contribution in [0.5, 0.6) is 11.5 Å². The molecule has 0 saturated carbocycles. The quantitative estimate of drug-likeness (QED) is 0.526. The summed E-state index contributed by atoms with van der Waals surface area (Å²) in [6.45, 7) is 11.4. The minimum atomic E-state index is -0.166. The van der Waals surface area contributed by atoms with Gasteiger partial charge in [-0.1, -0.05) is 34.6 Å². The van der Waals surface area contributed by atoms with Gasteiger partial charge in [-0.15, -0.1) is 0 Å². The molecular formula is C18H28N2O3. The number of hydrazine groups is 1. The van der Waals surface area contributed by atoms with E-state index in [9.17, 15) is 4.79 Å². The van der Waals surface area contributed by atoms with Gasteiger partial charge in [0, 0.05) is 11.1 Å². The zero-order valence-electron chi connectivity index (χ0n) is 14.8. The van der Waals surface area contributed by atoms with Crippen LogP contribution in [0.4, 0.5) is 0 Å². The number of nitrogens with two attached hydrogens (primary N) is 1. The van der Waals surface area contributed by atoms with Gasteiger partial charge in [-0.3, -0.25) is 9.80 Å². The van der Waals surface area contributed by atoms with E-state index >= 15 is 0 Å². The lowest BCUT2D eigenvalue weighted by atomic mass is 9.84. The third kappa shape index (κ3) is 3.44. The Kier molecular flexibility index (Phi) is 5.19. The Bertz CT molecular complexity index is 578. The largest absolute Gasteiger partial charge is 0.486 e. The first-order valence-electron chi connectivity index (χ1n) is 8.31. The lowest BCUT2D eigenvalue weighted by Gasteiger charge is -2.37. The predicted octanol–water partition coefficient (Wildman–Crippen LogP) is 3.16. The second kappa shape index (κ2) is 6.79. The molecule has 1 aromatic rings. The van der Waals surface area contributed by atoms with Gasteiger partial charge in [0.25, 0.3) is 5.91 Å². The molecule has 0 fully saturated rings. The fourth-order valence-corrected chi connectivity index (χ4v) is 3.23. The summed E-state index contributed by atoms with van der Waals surface area (Å²) in [4.78, 5) is 13.0. The standard InChI is InChI=1S/C18H28N2O3/c1-6-12-13(8-9-14-16(12)23-11-10-22-14)17(21)20(19)15(7-2)18(3,4)5/h8-9,15H,6-7,10-11,19H2,1-5H3. The molecule has 1 aliphatic rings. The number of rotatable bonds is 4. The van der Waals surface area contributed by atoms with E-state index in [4.69, 9.17) is 15.3 Å². The summed E-state index contributed by atoms with van der Waals surface area (Å²) in [6.07, 6.45) is 1.49. The van der Waals surface area contributed by atoms with Gasteiger partial charge in [0.05, 0.1) is 6.04 Å². The summed E-state index contributed by atoms with van der Waals surface area (Å²) in [6, 6.07) is 3.56. The lowest BCUT2D eigenvalue weighted by molar-refractivity contribution is 0.0503. The number of hydrogen-bond donors (Lipinski definition) is 1. The smallest absolute Gasteiger partial charge is 0.268 e. The maximum atomic E-state index is 13.0. The molecular weight excluding hydrogens is 292 g/mol.